The van der Waals surface area contributed by atoms with Gasteiger partial charge in [0.05, 0.1) is 12.1 Å². The van der Waals surface area contributed by atoms with E-state index in [9.17, 15) is 4.79 Å². The minimum absolute atomic E-state index is 0.0928. The van der Waals surface area contributed by atoms with Crippen LogP contribution in [0.1, 0.15) is 78.9 Å². The highest BCUT2D eigenvalue weighted by Gasteiger charge is 2.35. The molecule has 2 fully saturated rings. The third-order valence-corrected chi connectivity index (χ3v) is 8.64. The van der Waals surface area contributed by atoms with Crippen molar-refractivity contribution in [1.82, 2.24) is 30.1 Å². The van der Waals surface area contributed by atoms with Gasteiger partial charge in [0.15, 0.2) is 5.82 Å². The number of hydrogen-bond donors (Lipinski definition) is 1. The van der Waals surface area contributed by atoms with Crippen LogP contribution in [0.3, 0.4) is 0 Å². The van der Waals surface area contributed by atoms with Gasteiger partial charge in [-0.15, -0.1) is 16.4 Å². The molecule has 1 saturated carbocycles. The molecule has 1 aromatic carbocycles. The zero-order chi connectivity index (χ0) is 25.2. The lowest BCUT2D eigenvalue weighted by atomic mass is 9.95. The molecular formula is C28H34N6O2S. The van der Waals surface area contributed by atoms with Crippen LogP contribution >= 0.6 is 11.3 Å². The largest absolute Gasteiger partial charge is 0.377 e. The van der Waals surface area contributed by atoms with Gasteiger partial charge in [-0.2, -0.15) is 0 Å². The van der Waals surface area contributed by atoms with Gasteiger partial charge < -0.3 is 9.72 Å². The molecule has 37 heavy (non-hydrogen) atoms. The summed E-state index contributed by atoms with van der Waals surface area (Å²) >= 11 is 1.73. The minimum atomic E-state index is -0.391. The Morgan fingerprint density at radius 3 is 2.84 bits per heavy atom. The van der Waals surface area contributed by atoms with E-state index in [-0.39, 0.29) is 17.7 Å². The lowest BCUT2D eigenvalue weighted by molar-refractivity contribution is 0.0571. The summed E-state index contributed by atoms with van der Waals surface area (Å²) in [4.78, 5) is 20.5. The predicted molar refractivity (Wildman–Crippen MR) is 145 cm³/mol. The first kappa shape index (κ1) is 24.5. The summed E-state index contributed by atoms with van der Waals surface area (Å²) in [7, 11) is 0. The standard InChI is InChI=1S/C28H34N6O2S/c1-19-11-12-20-16-24(28(35)29-25(20)15-19)26(27-30-31-32-34(27)21-7-3-2-4-8-21)33(17-22-9-5-13-36-22)18-23-10-6-14-37-23/h6,10-12,14-16,21-22,26H,2-5,7-9,13,17-18H2,1H3,(H,29,35)/t22-,26-/m1/s1. The number of aromatic nitrogens is 5. The van der Waals surface area contributed by atoms with Gasteiger partial charge in [0.1, 0.15) is 6.04 Å². The van der Waals surface area contributed by atoms with Crippen molar-refractivity contribution >= 4 is 22.2 Å². The van der Waals surface area contributed by atoms with E-state index in [1.54, 1.807) is 11.3 Å². The van der Waals surface area contributed by atoms with Gasteiger partial charge in [0, 0.05) is 35.7 Å². The number of H-pyrrole nitrogens is 1. The Hall–Kier alpha value is -2.88. The van der Waals surface area contributed by atoms with Crippen molar-refractivity contribution in [2.24, 2.45) is 0 Å². The Kier molecular flexibility index (Phi) is 7.17. The van der Waals surface area contributed by atoms with E-state index in [1.807, 2.05) is 23.7 Å². The number of thiophene rings is 1. The number of fused-ring (bicyclic) bond motifs is 1. The van der Waals surface area contributed by atoms with Gasteiger partial charge in [-0.05, 0) is 77.6 Å². The van der Waals surface area contributed by atoms with Crippen LogP contribution in [-0.2, 0) is 11.3 Å². The lowest BCUT2D eigenvalue weighted by Crippen LogP contribution is -2.39. The smallest absolute Gasteiger partial charge is 0.253 e. The fourth-order valence-corrected chi connectivity index (χ4v) is 6.64. The molecule has 4 aromatic rings. The summed E-state index contributed by atoms with van der Waals surface area (Å²) < 4.78 is 8.10. The lowest BCUT2D eigenvalue weighted by Gasteiger charge is -2.33. The molecule has 9 heteroatoms. The minimum Gasteiger partial charge on any atom is -0.377 e. The van der Waals surface area contributed by atoms with Crippen LogP contribution in [0, 0.1) is 6.92 Å². The van der Waals surface area contributed by atoms with Gasteiger partial charge in [0.2, 0.25) is 0 Å². The molecule has 0 radical (unpaired) electrons. The molecule has 8 nitrogen and oxygen atoms in total. The molecule has 2 aliphatic rings. The topological polar surface area (TPSA) is 88.9 Å². The van der Waals surface area contributed by atoms with E-state index >= 15 is 0 Å². The van der Waals surface area contributed by atoms with Crippen LogP contribution in [0.15, 0.2) is 46.6 Å². The number of tetrazole rings is 1. The summed E-state index contributed by atoms with van der Waals surface area (Å²) in [6.07, 6.45) is 7.96. The molecule has 4 heterocycles. The highest BCUT2D eigenvalue weighted by atomic mass is 32.1. The Labute approximate surface area is 220 Å². The Balaban J connectivity index is 1.49. The van der Waals surface area contributed by atoms with Crippen LogP contribution < -0.4 is 5.56 Å². The van der Waals surface area contributed by atoms with Crippen LogP contribution in [0.25, 0.3) is 10.9 Å². The number of hydrogen-bond acceptors (Lipinski definition) is 7. The number of benzene rings is 1. The molecule has 1 saturated heterocycles. The number of nitrogens with one attached hydrogen (secondary N) is 1. The fourth-order valence-electron chi connectivity index (χ4n) is 5.91. The second-order valence-corrected chi connectivity index (χ2v) is 11.5. The Morgan fingerprint density at radius 2 is 2.05 bits per heavy atom. The van der Waals surface area contributed by atoms with Crippen LogP contribution in [0.4, 0.5) is 0 Å². The molecule has 1 aliphatic heterocycles. The van der Waals surface area contributed by atoms with Gasteiger partial charge in [0.25, 0.3) is 5.56 Å². The van der Waals surface area contributed by atoms with Gasteiger partial charge in [-0.1, -0.05) is 37.5 Å². The fraction of sp³-hybridized carbons (Fsp3) is 0.500. The van der Waals surface area contributed by atoms with E-state index in [4.69, 9.17) is 4.74 Å². The van der Waals surface area contributed by atoms with Crippen molar-refractivity contribution < 1.29 is 4.74 Å². The summed E-state index contributed by atoms with van der Waals surface area (Å²) in [6.45, 7) is 4.24. The van der Waals surface area contributed by atoms with Crippen LogP contribution in [-0.4, -0.2) is 49.3 Å². The first-order valence-corrected chi connectivity index (χ1v) is 14.3. The molecule has 1 N–H and O–H groups in total. The molecule has 0 bridgehead atoms. The zero-order valence-corrected chi connectivity index (χ0v) is 22.1. The zero-order valence-electron chi connectivity index (χ0n) is 21.3. The molecule has 3 aromatic heterocycles. The molecular weight excluding hydrogens is 484 g/mol. The maximum atomic E-state index is 13.7. The molecule has 1 aliphatic carbocycles. The average molecular weight is 519 g/mol. The van der Waals surface area contributed by atoms with E-state index in [0.717, 1.165) is 54.6 Å². The van der Waals surface area contributed by atoms with Crippen molar-refractivity contribution in [3.8, 4) is 0 Å². The number of rotatable bonds is 8. The molecule has 0 spiro atoms. The summed E-state index contributed by atoms with van der Waals surface area (Å²) in [6, 6.07) is 12.3. The van der Waals surface area contributed by atoms with E-state index in [1.165, 1.54) is 24.1 Å². The first-order valence-electron chi connectivity index (χ1n) is 13.4. The monoisotopic (exact) mass is 518 g/mol. The Morgan fingerprint density at radius 1 is 1.16 bits per heavy atom. The number of nitrogens with zero attached hydrogens (tertiary/aromatic N) is 5. The number of aromatic amines is 1. The molecule has 194 valence electrons. The van der Waals surface area contributed by atoms with Gasteiger partial charge in [-0.25, -0.2) is 4.68 Å². The predicted octanol–water partition coefficient (Wildman–Crippen LogP) is 5.16. The van der Waals surface area contributed by atoms with Crippen molar-refractivity contribution in [2.75, 3.05) is 13.2 Å². The van der Waals surface area contributed by atoms with E-state index < -0.39 is 6.04 Å². The second-order valence-electron chi connectivity index (χ2n) is 10.5. The molecule has 6 rings (SSSR count). The third kappa shape index (κ3) is 5.26. The summed E-state index contributed by atoms with van der Waals surface area (Å²) in [5.74, 6) is 0.749. The third-order valence-electron chi connectivity index (χ3n) is 7.77. The van der Waals surface area contributed by atoms with Crippen molar-refractivity contribution in [3.05, 3.63) is 74.0 Å². The normalized spacial score (nSPS) is 19.7. The molecule has 0 unspecified atom stereocenters. The summed E-state index contributed by atoms with van der Waals surface area (Å²) in [5, 5.41) is 16.4. The van der Waals surface area contributed by atoms with E-state index in [0.29, 0.717) is 18.7 Å². The highest BCUT2D eigenvalue weighted by molar-refractivity contribution is 7.09. The second kappa shape index (κ2) is 10.8. The number of aryl methyl sites for hydroxylation is 1. The number of pyridine rings is 1. The van der Waals surface area contributed by atoms with Gasteiger partial charge >= 0.3 is 0 Å². The maximum Gasteiger partial charge on any atom is 0.253 e. The number of ether oxygens (including phenoxy) is 1. The molecule has 0 amide bonds. The quantitative estimate of drug-likeness (QED) is 0.347. The summed E-state index contributed by atoms with van der Waals surface area (Å²) in [5.41, 5.74) is 2.55. The highest BCUT2D eigenvalue weighted by Crippen LogP contribution is 2.35. The average Bonchev–Trinajstić information content (AvgIpc) is 3.69. The Bertz CT molecular complexity index is 1390. The van der Waals surface area contributed by atoms with Crippen molar-refractivity contribution in [3.63, 3.8) is 0 Å². The molecule has 2 atom stereocenters. The van der Waals surface area contributed by atoms with Crippen LogP contribution in [0.5, 0.6) is 0 Å². The SMILES string of the molecule is Cc1ccc2cc([C@H](c3nnnn3C3CCCCC3)N(Cc3cccs3)C[C@H]3CCCO3)c(=O)[nH]c2c1. The van der Waals surface area contributed by atoms with Crippen molar-refractivity contribution in [1.29, 1.82) is 0 Å². The maximum absolute atomic E-state index is 13.7. The first-order chi connectivity index (χ1) is 18.2. The van der Waals surface area contributed by atoms with Gasteiger partial charge in [-0.3, -0.25) is 9.69 Å². The van der Waals surface area contributed by atoms with Crippen LogP contribution in [0.2, 0.25) is 0 Å². The van der Waals surface area contributed by atoms with Crippen molar-refractivity contribution in [2.45, 2.75) is 76.6 Å². The van der Waals surface area contributed by atoms with E-state index in [2.05, 4.69) is 55.1 Å².